The van der Waals surface area contributed by atoms with Crippen LogP contribution in [0.2, 0.25) is 60.3 Å². The Labute approximate surface area is 709 Å². The summed E-state index contributed by atoms with van der Waals surface area (Å²) in [5.74, 6) is 1.58. The standard InChI is InChI=1S/C89H59Cl12N4O7S/c90-73-65-54-38-55-66-71(79(96)87(82(99)74(66)91)111-63-26-14-11-23-52(63)44-18-6-2-7-19-44)60-41-61-72-68(76(93)84(101)88(80(72)97)112-64-27-15-12-24-53(64)45-20-8-3-9-21-45)57-39-56-67-70(78(95)86(83(100)75(67)92)110-62-25-13-10-22-51(62)43-16-4-1-5-17-43)59-40-58(102(54)89(103(56)59,104(55)60)105(57)61)69(65)77(94)85(81(73)98)109-49-33-30-42(31-34-49)46-28-29-48-37-50(113(106,107)108)35-32-47(48)36-46/h10-15,22-41,43-45H,1-9,16-21H2/q+1/p+1. The van der Waals surface area contributed by atoms with Gasteiger partial charge in [-0.2, -0.15) is 17.6 Å². The van der Waals surface area contributed by atoms with Gasteiger partial charge in [0.1, 0.15) is 43.1 Å². The lowest BCUT2D eigenvalue weighted by Gasteiger charge is -2.37. The number of rotatable bonds is 13. The minimum absolute atomic E-state index is 0.00130. The molecule has 1 N–H and O–H groups in total. The van der Waals surface area contributed by atoms with Gasteiger partial charge in [-0.05, 0) is 143 Å². The molecule has 2 aromatic heterocycles. The summed E-state index contributed by atoms with van der Waals surface area (Å²) in [6.07, 6.45) is 24.1. The van der Waals surface area contributed by atoms with Crippen molar-refractivity contribution in [3.8, 4) is 57.1 Å². The van der Waals surface area contributed by atoms with E-state index in [4.69, 9.17) is 158 Å². The Morgan fingerprint density at radius 2 is 0.743 bits per heavy atom. The number of hydrogen-bond donors (Lipinski definition) is 1. The number of nitrogens with zero attached hydrogens (tertiary/aromatic N) is 4. The van der Waals surface area contributed by atoms with Gasteiger partial charge in [0, 0.05) is 45.8 Å². The number of ether oxygens (including phenoxy) is 4. The zero-order valence-electron chi connectivity index (χ0n) is 59.5. The van der Waals surface area contributed by atoms with E-state index in [-0.39, 0.29) is 106 Å². The van der Waals surface area contributed by atoms with E-state index in [2.05, 4.69) is 36.5 Å². The number of benzene rings is 10. The summed E-state index contributed by atoms with van der Waals surface area (Å²) < 4.78 is 71.0. The molecule has 11 nitrogen and oxygen atoms in total. The topological polar surface area (TPSA) is 107 Å². The molecule has 0 radical (unpaired) electrons. The Bertz CT molecular complexity index is 6770. The Morgan fingerprint density at radius 1 is 0.363 bits per heavy atom. The van der Waals surface area contributed by atoms with Crippen LogP contribution in [0.25, 0.3) is 79.1 Å². The van der Waals surface area contributed by atoms with E-state index in [1.807, 2.05) is 103 Å². The van der Waals surface area contributed by atoms with E-state index in [0.717, 1.165) is 130 Å². The smallest absolute Gasteiger partial charge is 0.454 e. The molecule has 566 valence electrons. The molecule has 10 aromatic carbocycles. The molecule has 1 spiro atoms. The van der Waals surface area contributed by atoms with Crippen molar-refractivity contribution < 1.29 is 41.1 Å². The van der Waals surface area contributed by atoms with Crippen molar-refractivity contribution in [1.82, 2.24) is 9.13 Å². The van der Waals surface area contributed by atoms with Gasteiger partial charge in [-0.1, -0.05) is 291 Å². The predicted molar refractivity (Wildman–Crippen MR) is 459 cm³/mol. The van der Waals surface area contributed by atoms with Crippen molar-refractivity contribution in [1.29, 1.82) is 0 Å². The molecule has 3 aliphatic carbocycles. The fraction of sp³-hybridized carbons (Fsp3) is 0.213. The van der Waals surface area contributed by atoms with E-state index in [9.17, 15) is 13.0 Å². The maximum atomic E-state index is 12.0. The molecule has 6 aliphatic heterocycles. The van der Waals surface area contributed by atoms with Crippen molar-refractivity contribution in [2.75, 3.05) is 0 Å². The second-order valence-corrected chi connectivity index (χ2v) is 36.4. The third-order valence-electron chi connectivity index (χ3n) is 24.4. The van der Waals surface area contributed by atoms with Crippen molar-refractivity contribution >= 4 is 229 Å². The number of halogens is 12. The summed E-state index contributed by atoms with van der Waals surface area (Å²) in [6.45, 7) is 0. The summed E-state index contributed by atoms with van der Waals surface area (Å²) >= 11 is 96.3. The van der Waals surface area contributed by atoms with E-state index in [0.29, 0.717) is 117 Å². The fourth-order valence-corrected chi connectivity index (χ4v) is 23.5. The van der Waals surface area contributed by atoms with Gasteiger partial charge >= 0.3 is 5.91 Å². The van der Waals surface area contributed by atoms with Gasteiger partial charge in [0.2, 0.25) is 22.8 Å². The Morgan fingerprint density at radius 3 is 1.25 bits per heavy atom. The molecular weight excluding hydrogens is 1690 g/mol. The highest BCUT2D eigenvalue weighted by molar-refractivity contribution is 7.85. The van der Waals surface area contributed by atoms with Gasteiger partial charge in [0.25, 0.3) is 10.1 Å². The molecule has 1 unspecified atom stereocenters. The molecule has 0 amide bonds. The maximum Gasteiger partial charge on any atom is 0.553 e. The first-order chi connectivity index (χ1) is 54.7. The lowest BCUT2D eigenvalue weighted by atomic mass is 9.84. The summed E-state index contributed by atoms with van der Waals surface area (Å²) in [5.41, 5.74) is 9.73. The molecular formula is C89H60Cl12N4O7S+2. The Kier molecular flexibility index (Phi) is 17.8. The lowest BCUT2D eigenvalue weighted by Crippen LogP contribution is -2.69. The van der Waals surface area contributed by atoms with Crippen LogP contribution in [0, 0.1) is 0 Å². The average molecular weight is 1750 g/mol. The third kappa shape index (κ3) is 10.8. The first-order valence-electron chi connectivity index (χ1n) is 37.7. The number of fused-ring (bicyclic) bond motifs is 13. The lowest BCUT2D eigenvalue weighted by molar-refractivity contribution is -0.805. The van der Waals surface area contributed by atoms with Crippen LogP contribution in [-0.4, -0.2) is 42.7 Å². The second kappa shape index (κ2) is 27.4. The highest BCUT2D eigenvalue weighted by Gasteiger charge is 2.74. The van der Waals surface area contributed by atoms with Crippen molar-refractivity contribution in [2.45, 2.75) is 125 Å². The molecule has 3 saturated carbocycles. The van der Waals surface area contributed by atoms with E-state index in [1.165, 1.54) is 12.1 Å². The van der Waals surface area contributed by atoms with E-state index >= 15 is 0 Å². The summed E-state index contributed by atoms with van der Waals surface area (Å²) in [4.78, 5) is -0.200. The molecule has 8 heterocycles. The van der Waals surface area contributed by atoms with Crippen LogP contribution < -0.4 is 29.6 Å². The van der Waals surface area contributed by atoms with Gasteiger partial charge in [-0.15, -0.1) is 0 Å². The van der Waals surface area contributed by atoms with Crippen LogP contribution in [0.4, 0.5) is 0 Å². The molecule has 12 aromatic rings. The molecule has 0 saturated heterocycles. The van der Waals surface area contributed by atoms with Gasteiger partial charge in [-0.3, -0.25) is 4.55 Å². The third-order valence-corrected chi connectivity index (χ3v) is 30.1. The van der Waals surface area contributed by atoms with Crippen LogP contribution in [-0.2, 0) is 16.0 Å². The van der Waals surface area contributed by atoms with Crippen molar-refractivity contribution in [3.63, 3.8) is 0 Å². The first-order valence-corrected chi connectivity index (χ1v) is 43.7. The molecule has 113 heavy (non-hydrogen) atoms. The van der Waals surface area contributed by atoms with Gasteiger partial charge < -0.3 is 18.9 Å². The maximum absolute atomic E-state index is 12.0. The summed E-state index contributed by atoms with van der Waals surface area (Å²) in [5, 5.41) is 5.68. The zero-order chi connectivity index (χ0) is 77.3. The van der Waals surface area contributed by atoms with E-state index < -0.39 is 16.0 Å². The Balaban J connectivity index is 0.844. The summed E-state index contributed by atoms with van der Waals surface area (Å²) in [6, 6.07) is 41.5. The minimum atomic E-state index is -4.42. The largest absolute Gasteiger partial charge is 0.553 e. The van der Waals surface area contributed by atoms with Gasteiger partial charge in [-0.25, -0.2) is 0 Å². The van der Waals surface area contributed by atoms with Crippen molar-refractivity contribution in [2.24, 2.45) is 0 Å². The summed E-state index contributed by atoms with van der Waals surface area (Å²) in [7, 11) is -4.42. The molecule has 3 fully saturated rings. The second-order valence-electron chi connectivity index (χ2n) is 30.4. The van der Waals surface area contributed by atoms with Crippen LogP contribution >= 0.6 is 139 Å². The highest BCUT2D eigenvalue weighted by Crippen LogP contribution is 2.64. The molecule has 24 heteroatoms. The zero-order valence-corrected chi connectivity index (χ0v) is 69.4. The number of aromatic nitrogens is 2. The predicted octanol–water partition coefficient (Wildman–Crippen LogP) is 28.2. The monoisotopic (exact) mass is 1750 g/mol. The number of hydrogen-bond acceptors (Lipinski definition) is 6. The van der Waals surface area contributed by atoms with Crippen LogP contribution in [0.5, 0.6) is 46.0 Å². The average Bonchev–Trinajstić information content (AvgIpc) is 1.45. The fourth-order valence-electron chi connectivity index (χ4n) is 19.5. The highest BCUT2D eigenvalue weighted by atomic mass is 35.5. The van der Waals surface area contributed by atoms with Crippen LogP contribution in [0.3, 0.4) is 0 Å². The SMILES string of the molecule is O=S(=O)(O)c1ccc2cc(-c3ccc(Oc4c(Cl)c(Cl)c5c(c4Cl)C4=[N+]6C5=Cc5c7c(Cl)c(Cl)c(Oc8ccccc8C8CCCCC8)c(Cl)c7c7n5C65n6c(c8c(Cl)c(Cl)c(Oc9ccccc9C9CCCCC9)c(Cl)c8c6=C4)=CC4=[N+]5C(=C7)c5c(Cl)c(Oc6ccccc6C6CCCCC6)c(Cl)c(Cl)c54)cc3)ccc2c1. The normalized spacial score (nSPS) is 18.1. The molecule has 1 atom stereocenters. The van der Waals surface area contributed by atoms with Gasteiger partial charge in [0.15, 0.2) is 23.0 Å². The quantitative estimate of drug-likeness (QED) is 0.0696. The van der Waals surface area contributed by atoms with Crippen LogP contribution in [0.15, 0.2) is 138 Å². The minimum Gasteiger partial charge on any atom is -0.454 e. The Hall–Kier alpha value is -7.31. The van der Waals surface area contributed by atoms with E-state index in [1.54, 1.807) is 24.3 Å². The number of para-hydroxylation sites is 3. The molecule has 0 bridgehead atoms. The molecule has 21 rings (SSSR count). The molecule has 9 aliphatic rings. The van der Waals surface area contributed by atoms with Crippen molar-refractivity contribution in [3.05, 3.63) is 255 Å². The van der Waals surface area contributed by atoms with Crippen LogP contribution in [0.1, 0.15) is 164 Å². The first kappa shape index (κ1) is 73.3. The van der Waals surface area contributed by atoms with Gasteiger partial charge in [0.05, 0.1) is 89.4 Å².